The third kappa shape index (κ3) is 3.64. The van der Waals surface area contributed by atoms with Gasteiger partial charge in [-0.3, -0.25) is 9.59 Å². The number of rotatable bonds is 6. The molecule has 0 spiro atoms. The van der Waals surface area contributed by atoms with E-state index >= 15 is 0 Å². The fraction of sp³-hybridized carbons (Fsp3) is 0.0909. The molecule has 0 heterocycles. The third-order valence-electron chi connectivity index (χ3n) is 4.29. The first kappa shape index (κ1) is 17.4. The Kier molecular flexibility index (Phi) is 5.13. The Bertz CT molecular complexity index is 964. The van der Waals surface area contributed by atoms with Gasteiger partial charge < -0.3 is 10.6 Å². The molecule has 0 radical (unpaired) electrons. The topological polar surface area (TPSA) is 58.2 Å². The van der Waals surface area contributed by atoms with Gasteiger partial charge in [0.15, 0.2) is 12.6 Å². The van der Waals surface area contributed by atoms with Crippen LogP contribution in [-0.2, 0) is 0 Å². The number of carbonyl (C=O) groups is 2. The van der Waals surface area contributed by atoms with Crippen LogP contribution in [0, 0.1) is 13.8 Å². The molecule has 130 valence electrons. The molecule has 0 aromatic heterocycles. The van der Waals surface area contributed by atoms with Gasteiger partial charge in [0.1, 0.15) is 0 Å². The largest absolute Gasteiger partial charge is 0.355 e. The van der Waals surface area contributed by atoms with Crippen molar-refractivity contribution < 1.29 is 9.59 Å². The lowest BCUT2D eigenvalue weighted by molar-refractivity contribution is 0.111. The number of hydrogen-bond acceptors (Lipinski definition) is 4. The van der Waals surface area contributed by atoms with E-state index in [2.05, 4.69) is 10.6 Å². The Balaban J connectivity index is 1.96. The predicted molar refractivity (Wildman–Crippen MR) is 106 cm³/mol. The van der Waals surface area contributed by atoms with Gasteiger partial charge in [-0.15, -0.1) is 0 Å². The minimum atomic E-state index is 0.546. The molecule has 0 atom stereocenters. The molecule has 0 bridgehead atoms. The van der Waals surface area contributed by atoms with Crippen LogP contribution in [-0.4, -0.2) is 12.6 Å². The molecule has 26 heavy (non-hydrogen) atoms. The van der Waals surface area contributed by atoms with Gasteiger partial charge in [-0.2, -0.15) is 0 Å². The Labute approximate surface area is 152 Å². The number of benzene rings is 3. The summed E-state index contributed by atoms with van der Waals surface area (Å²) in [5.41, 5.74) is 6.39. The molecule has 0 aliphatic heterocycles. The van der Waals surface area contributed by atoms with Crippen molar-refractivity contribution in [1.29, 1.82) is 0 Å². The third-order valence-corrected chi connectivity index (χ3v) is 4.29. The van der Waals surface area contributed by atoms with Gasteiger partial charge in [0.2, 0.25) is 0 Å². The summed E-state index contributed by atoms with van der Waals surface area (Å²) < 4.78 is 0. The van der Waals surface area contributed by atoms with Crippen molar-refractivity contribution in [1.82, 2.24) is 0 Å². The molecule has 0 aliphatic rings. The van der Waals surface area contributed by atoms with E-state index in [0.717, 1.165) is 40.8 Å². The van der Waals surface area contributed by atoms with Gasteiger partial charge in [-0.25, -0.2) is 0 Å². The van der Waals surface area contributed by atoms with E-state index in [0.29, 0.717) is 16.8 Å². The average molecular weight is 344 g/mol. The highest BCUT2D eigenvalue weighted by atomic mass is 16.1. The first-order chi connectivity index (χ1) is 12.6. The zero-order valence-electron chi connectivity index (χ0n) is 14.7. The van der Waals surface area contributed by atoms with Crippen LogP contribution in [0.4, 0.5) is 22.7 Å². The minimum absolute atomic E-state index is 0.546. The van der Waals surface area contributed by atoms with Gasteiger partial charge in [0, 0.05) is 33.9 Å². The molecule has 4 heteroatoms. The standard InChI is InChI=1S/C22H20N2O2/c1-15-7-3-5-9-19(15)23-22-11-16(2)21(12-18(22)14-26)24-20-10-6-4-8-17(20)13-25/h3-14,23-24H,1-2H3. The van der Waals surface area contributed by atoms with Gasteiger partial charge in [0.25, 0.3) is 0 Å². The minimum Gasteiger partial charge on any atom is -0.355 e. The molecule has 3 aromatic carbocycles. The molecule has 0 aliphatic carbocycles. The molecule has 3 aromatic rings. The Morgan fingerprint density at radius 3 is 1.92 bits per heavy atom. The SMILES string of the molecule is Cc1ccccc1Nc1cc(C)c(Nc2ccccc2C=O)cc1C=O. The van der Waals surface area contributed by atoms with Crippen LogP contribution >= 0.6 is 0 Å². The molecule has 4 nitrogen and oxygen atoms in total. The average Bonchev–Trinajstić information content (AvgIpc) is 2.66. The predicted octanol–water partition coefficient (Wildman–Crippen LogP) is 5.42. The normalized spacial score (nSPS) is 10.2. The van der Waals surface area contributed by atoms with Crippen LogP contribution in [0.15, 0.2) is 60.7 Å². The number of carbonyl (C=O) groups excluding carboxylic acids is 2. The lowest BCUT2D eigenvalue weighted by Gasteiger charge is -2.16. The zero-order chi connectivity index (χ0) is 18.5. The number of anilines is 4. The summed E-state index contributed by atoms with van der Waals surface area (Å²) in [6.07, 6.45) is 1.64. The maximum Gasteiger partial charge on any atom is 0.152 e. The second kappa shape index (κ2) is 7.66. The first-order valence-electron chi connectivity index (χ1n) is 8.36. The molecular formula is C22H20N2O2. The second-order valence-electron chi connectivity index (χ2n) is 6.14. The number of para-hydroxylation sites is 2. The van der Waals surface area contributed by atoms with Crippen molar-refractivity contribution in [2.75, 3.05) is 10.6 Å². The Morgan fingerprint density at radius 1 is 0.615 bits per heavy atom. The van der Waals surface area contributed by atoms with E-state index in [1.807, 2.05) is 62.4 Å². The highest BCUT2D eigenvalue weighted by Crippen LogP contribution is 2.30. The second-order valence-corrected chi connectivity index (χ2v) is 6.14. The van der Waals surface area contributed by atoms with Crippen LogP contribution in [0.5, 0.6) is 0 Å². The van der Waals surface area contributed by atoms with Gasteiger partial charge in [0.05, 0.1) is 0 Å². The van der Waals surface area contributed by atoms with Crippen molar-refractivity contribution in [3.05, 3.63) is 82.9 Å². The number of nitrogens with one attached hydrogen (secondary N) is 2. The fourth-order valence-corrected chi connectivity index (χ4v) is 2.78. The first-order valence-corrected chi connectivity index (χ1v) is 8.36. The summed E-state index contributed by atoms with van der Waals surface area (Å²) in [6.45, 7) is 3.98. The van der Waals surface area contributed by atoms with Crippen molar-refractivity contribution in [2.45, 2.75) is 13.8 Å². The number of hydrogen-bond donors (Lipinski definition) is 2. The smallest absolute Gasteiger partial charge is 0.152 e. The summed E-state index contributed by atoms with van der Waals surface area (Å²) in [5.74, 6) is 0. The summed E-state index contributed by atoms with van der Waals surface area (Å²) in [6, 6.07) is 18.9. The molecule has 0 amide bonds. The van der Waals surface area contributed by atoms with Crippen LogP contribution < -0.4 is 10.6 Å². The molecular weight excluding hydrogens is 324 g/mol. The fourth-order valence-electron chi connectivity index (χ4n) is 2.78. The van der Waals surface area contributed by atoms with Gasteiger partial charge in [-0.1, -0.05) is 30.3 Å². The molecule has 3 rings (SSSR count). The van der Waals surface area contributed by atoms with E-state index in [1.165, 1.54) is 0 Å². The van der Waals surface area contributed by atoms with Crippen molar-refractivity contribution in [3.8, 4) is 0 Å². The van der Waals surface area contributed by atoms with E-state index in [9.17, 15) is 9.59 Å². The summed E-state index contributed by atoms with van der Waals surface area (Å²) >= 11 is 0. The molecule has 2 N–H and O–H groups in total. The molecule has 0 saturated carbocycles. The maximum absolute atomic E-state index is 11.6. The van der Waals surface area contributed by atoms with Crippen molar-refractivity contribution in [2.24, 2.45) is 0 Å². The monoisotopic (exact) mass is 344 g/mol. The van der Waals surface area contributed by atoms with Crippen LogP contribution in [0.25, 0.3) is 0 Å². The maximum atomic E-state index is 11.6. The van der Waals surface area contributed by atoms with Crippen molar-refractivity contribution in [3.63, 3.8) is 0 Å². The number of aryl methyl sites for hydroxylation is 2. The Hall–Kier alpha value is -3.40. The van der Waals surface area contributed by atoms with E-state index in [4.69, 9.17) is 0 Å². The molecule has 0 saturated heterocycles. The van der Waals surface area contributed by atoms with Crippen LogP contribution in [0.3, 0.4) is 0 Å². The number of aldehydes is 2. The lowest BCUT2D eigenvalue weighted by atomic mass is 10.1. The lowest BCUT2D eigenvalue weighted by Crippen LogP contribution is -2.02. The van der Waals surface area contributed by atoms with Gasteiger partial charge in [-0.05, 0) is 55.3 Å². The summed E-state index contributed by atoms with van der Waals surface area (Å²) in [4.78, 5) is 22.8. The molecule has 0 fully saturated rings. The van der Waals surface area contributed by atoms with E-state index < -0.39 is 0 Å². The Morgan fingerprint density at radius 2 is 1.23 bits per heavy atom. The summed E-state index contributed by atoms with van der Waals surface area (Å²) in [7, 11) is 0. The van der Waals surface area contributed by atoms with Crippen LogP contribution in [0.2, 0.25) is 0 Å². The van der Waals surface area contributed by atoms with E-state index in [-0.39, 0.29) is 0 Å². The highest BCUT2D eigenvalue weighted by Gasteiger charge is 2.10. The van der Waals surface area contributed by atoms with E-state index in [1.54, 1.807) is 12.1 Å². The summed E-state index contributed by atoms with van der Waals surface area (Å²) in [5, 5.41) is 6.58. The van der Waals surface area contributed by atoms with Gasteiger partial charge >= 0.3 is 0 Å². The quantitative estimate of drug-likeness (QED) is 0.587. The molecule has 0 unspecified atom stereocenters. The zero-order valence-corrected chi connectivity index (χ0v) is 14.7. The highest BCUT2D eigenvalue weighted by molar-refractivity contribution is 5.91. The van der Waals surface area contributed by atoms with Crippen LogP contribution in [0.1, 0.15) is 31.8 Å². The van der Waals surface area contributed by atoms with Crippen molar-refractivity contribution >= 4 is 35.3 Å².